The van der Waals surface area contributed by atoms with Gasteiger partial charge in [-0.05, 0) is 74.2 Å². The number of rotatable bonds is 12. The number of sulfonamides is 1. The second-order valence-electron chi connectivity index (χ2n) is 9.31. The molecule has 0 bridgehead atoms. The zero-order valence-corrected chi connectivity index (χ0v) is 24.0. The summed E-state index contributed by atoms with van der Waals surface area (Å²) in [6.07, 6.45) is 0.358. The maximum atomic E-state index is 14.1. The number of likely N-dealkylation sites (N-methyl/N-ethyl adjacent to an activating group) is 1. The number of benzene rings is 3. The molecule has 3 rings (SSSR count). The van der Waals surface area contributed by atoms with Gasteiger partial charge < -0.3 is 15.0 Å². The van der Waals surface area contributed by atoms with E-state index in [0.29, 0.717) is 30.0 Å². The highest BCUT2D eigenvalue weighted by Gasteiger charge is 2.34. The predicted octanol–water partition coefficient (Wildman–Crippen LogP) is 4.45. The third-order valence-electron chi connectivity index (χ3n) is 6.47. The first-order valence-electron chi connectivity index (χ1n) is 13.0. The molecule has 0 saturated carbocycles. The van der Waals surface area contributed by atoms with Gasteiger partial charge in [-0.25, -0.2) is 8.42 Å². The molecule has 208 valence electrons. The second-order valence-corrected chi connectivity index (χ2v) is 11.2. The third kappa shape index (κ3) is 7.17. The monoisotopic (exact) mass is 551 g/mol. The largest absolute Gasteiger partial charge is 0.497 e. The molecule has 0 spiro atoms. The Morgan fingerprint density at radius 3 is 2.31 bits per heavy atom. The maximum Gasteiger partial charge on any atom is 0.264 e. The number of nitrogens with one attached hydrogen (secondary N) is 1. The molecule has 1 N–H and O–H groups in total. The molecule has 0 aliphatic heterocycles. The van der Waals surface area contributed by atoms with Crippen LogP contribution in [0.15, 0.2) is 77.7 Å². The Balaban J connectivity index is 2.10. The van der Waals surface area contributed by atoms with Gasteiger partial charge in [0.05, 0.1) is 17.7 Å². The van der Waals surface area contributed by atoms with E-state index in [9.17, 15) is 18.0 Å². The van der Waals surface area contributed by atoms with E-state index in [4.69, 9.17) is 4.74 Å². The highest BCUT2D eigenvalue weighted by Crippen LogP contribution is 2.28. The maximum absolute atomic E-state index is 14.1. The second kappa shape index (κ2) is 13.3. The smallest absolute Gasteiger partial charge is 0.264 e. The van der Waals surface area contributed by atoms with Crippen molar-refractivity contribution in [2.75, 3.05) is 24.5 Å². The van der Waals surface area contributed by atoms with Crippen LogP contribution in [0.25, 0.3) is 0 Å². The number of amides is 2. The molecule has 3 aromatic carbocycles. The van der Waals surface area contributed by atoms with Crippen LogP contribution in [0.2, 0.25) is 0 Å². The van der Waals surface area contributed by atoms with Crippen molar-refractivity contribution in [3.05, 3.63) is 89.5 Å². The van der Waals surface area contributed by atoms with E-state index >= 15 is 0 Å². The lowest BCUT2D eigenvalue weighted by Gasteiger charge is -2.33. The number of aryl methyl sites for hydroxylation is 2. The molecule has 0 aliphatic carbocycles. The summed E-state index contributed by atoms with van der Waals surface area (Å²) >= 11 is 0. The van der Waals surface area contributed by atoms with Crippen molar-refractivity contribution in [1.82, 2.24) is 10.2 Å². The van der Waals surface area contributed by atoms with E-state index in [-0.39, 0.29) is 17.3 Å². The van der Waals surface area contributed by atoms with Crippen molar-refractivity contribution in [3.63, 3.8) is 0 Å². The van der Waals surface area contributed by atoms with Crippen molar-refractivity contribution in [2.45, 2.75) is 51.6 Å². The van der Waals surface area contributed by atoms with Crippen LogP contribution in [0, 0.1) is 13.8 Å². The van der Waals surface area contributed by atoms with Gasteiger partial charge >= 0.3 is 0 Å². The van der Waals surface area contributed by atoms with Crippen LogP contribution in [0.4, 0.5) is 5.69 Å². The zero-order chi connectivity index (χ0) is 28.6. The Morgan fingerprint density at radius 2 is 1.67 bits per heavy atom. The standard InChI is InChI=1S/C30H37N3O5S/c1-6-27(30(35)31-7-2)32(20-24-12-11-13-25(19-24)38-5)29(34)21-33(28-18-22(3)16-17-23(28)4)39(36,37)26-14-9-8-10-15-26/h8-19,27H,6-7,20-21H2,1-5H3,(H,31,35)/t27-/m1/s1. The number of hydrogen-bond acceptors (Lipinski definition) is 5. The topological polar surface area (TPSA) is 96.0 Å². The average Bonchev–Trinajstić information content (AvgIpc) is 2.93. The fourth-order valence-electron chi connectivity index (χ4n) is 4.40. The van der Waals surface area contributed by atoms with Gasteiger partial charge in [-0.1, -0.05) is 49.4 Å². The van der Waals surface area contributed by atoms with Crippen molar-refractivity contribution in [3.8, 4) is 5.75 Å². The molecular formula is C30H37N3O5S. The van der Waals surface area contributed by atoms with Crippen LogP contribution in [-0.2, 0) is 26.2 Å². The lowest BCUT2D eigenvalue weighted by atomic mass is 10.1. The Kier molecular flexibility index (Phi) is 10.1. The van der Waals surface area contributed by atoms with Crippen LogP contribution >= 0.6 is 0 Å². The van der Waals surface area contributed by atoms with Crippen molar-refractivity contribution >= 4 is 27.5 Å². The van der Waals surface area contributed by atoms with E-state index in [1.807, 2.05) is 52.0 Å². The summed E-state index contributed by atoms with van der Waals surface area (Å²) < 4.78 is 34.4. The number of methoxy groups -OCH3 is 1. The van der Waals surface area contributed by atoms with Crippen LogP contribution in [0.5, 0.6) is 5.75 Å². The SMILES string of the molecule is CCNC(=O)[C@@H](CC)N(Cc1cccc(OC)c1)C(=O)CN(c1cc(C)ccc1C)S(=O)(=O)c1ccccc1. The van der Waals surface area contributed by atoms with Crippen molar-refractivity contribution in [1.29, 1.82) is 0 Å². The van der Waals surface area contributed by atoms with Gasteiger partial charge in [-0.2, -0.15) is 0 Å². The minimum absolute atomic E-state index is 0.0776. The Hall–Kier alpha value is -3.85. The van der Waals surface area contributed by atoms with Crippen molar-refractivity contribution < 1.29 is 22.7 Å². The number of anilines is 1. The van der Waals surface area contributed by atoms with Gasteiger partial charge in [0.15, 0.2) is 0 Å². The van der Waals surface area contributed by atoms with Gasteiger partial charge in [-0.3, -0.25) is 13.9 Å². The lowest BCUT2D eigenvalue weighted by molar-refractivity contribution is -0.140. The molecule has 0 saturated heterocycles. The molecular weight excluding hydrogens is 514 g/mol. The molecule has 0 unspecified atom stereocenters. The third-order valence-corrected chi connectivity index (χ3v) is 8.24. The number of nitrogens with zero attached hydrogens (tertiary/aromatic N) is 2. The van der Waals surface area contributed by atoms with Crippen LogP contribution in [-0.4, -0.2) is 51.4 Å². The minimum atomic E-state index is -4.10. The first-order valence-corrected chi connectivity index (χ1v) is 14.4. The summed E-state index contributed by atoms with van der Waals surface area (Å²) in [6.45, 7) is 7.37. The summed E-state index contributed by atoms with van der Waals surface area (Å²) in [4.78, 5) is 28.7. The highest BCUT2D eigenvalue weighted by molar-refractivity contribution is 7.92. The Bertz CT molecular complexity index is 1390. The Labute approximate surface area is 231 Å². The van der Waals surface area contributed by atoms with E-state index in [0.717, 1.165) is 15.4 Å². The fourth-order valence-corrected chi connectivity index (χ4v) is 5.89. The van der Waals surface area contributed by atoms with E-state index in [1.165, 1.54) is 17.0 Å². The molecule has 0 aliphatic rings. The quantitative estimate of drug-likeness (QED) is 0.359. The molecule has 8 nitrogen and oxygen atoms in total. The molecule has 0 aromatic heterocycles. The van der Waals surface area contributed by atoms with Gasteiger partial charge in [0.1, 0.15) is 18.3 Å². The molecule has 0 heterocycles. The van der Waals surface area contributed by atoms with Gasteiger partial charge in [0.2, 0.25) is 11.8 Å². The molecule has 39 heavy (non-hydrogen) atoms. The van der Waals surface area contributed by atoms with E-state index in [2.05, 4.69) is 5.32 Å². The van der Waals surface area contributed by atoms with Crippen LogP contribution < -0.4 is 14.4 Å². The van der Waals surface area contributed by atoms with E-state index < -0.39 is 28.5 Å². The highest BCUT2D eigenvalue weighted by atomic mass is 32.2. The number of carbonyl (C=O) groups excluding carboxylic acids is 2. The minimum Gasteiger partial charge on any atom is -0.497 e. The number of ether oxygens (including phenoxy) is 1. The molecule has 1 atom stereocenters. The first-order chi connectivity index (χ1) is 18.6. The lowest BCUT2D eigenvalue weighted by Crippen LogP contribution is -2.52. The molecule has 0 radical (unpaired) electrons. The summed E-state index contributed by atoms with van der Waals surface area (Å²) in [6, 6.07) is 20.0. The van der Waals surface area contributed by atoms with Gasteiger partial charge in [0.25, 0.3) is 10.0 Å². The molecule has 3 aromatic rings. The van der Waals surface area contributed by atoms with E-state index in [1.54, 1.807) is 43.5 Å². The van der Waals surface area contributed by atoms with Gasteiger partial charge in [-0.15, -0.1) is 0 Å². The molecule has 0 fully saturated rings. The Morgan fingerprint density at radius 1 is 0.949 bits per heavy atom. The average molecular weight is 552 g/mol. The zero-order valence-electron chi connectivity index (χ0n) is 23.2. The first kappa shape index (κ1) is 29.7. The van der Waals surface area contributed by atoms with Crippen LogP contribution in [0.1, 0.15) is 37.0 Å². The normalized spacial score (nSPS) is 11.9. The number of hydrogen-bond donors (Lipinski definition) is 1. The summed E-state index contributed by atoms with van der Waals surface area (Å²) in [7, 11) is -2.55. The fraction of sp³-hybridized carbons (Fsp3) is 0.333. The molecule has 2 amide bonds. The summed E-state index contributed by atoms with van der Waals surface area (Å²) in [5.74, 6) is -0.161. The van der Waals surface area contributed by atoms with Crippen molar-refractivity contribution in [2.24, 2.45) is 0 Å². The summed E-state index contributed by atoms with van der Waals surface area (Å²) in [5, 5.41) is 2.81. The van der Waals surface area contributed by atoms with Gasteiger partial charge in [0, 0.05) is 13.1 Å². The summed E-state index contributed by atoms with van der Waals surface area (Å²) in [5.41, 5.74) is 2.75. The van der Waals surface area contributed by atoms with Crippen LogP contribution in [0.3, 0.4) is 0 Å². The number of carbonyl (C=O) groups is 2. The molecule has 9 heteroatoms. The predicted molar refractivity (Wildman–Crippen MR) is 153 cm³/mol.